The normalized spacial score (nSPS) is 18.3. The number of nitrogens with zero attached hydrogens (tertiary/aromatic N) is 5. The van der Waals surface area contributed by atoms with E-state index < -0.39 is 0 Å². The van der Waals surface area contributed by atoms with Crippen molar-refractivity contribution in [2.45, 2.75) is 37.8 Å². The Hall–Kier alpha value is -3.52. The molecular formula is C24H25N7O. The summed E-state index contributed by atoms with van der Waals surface area (Å²) < 4.78 is 3.85. The van der Waals surface area contributed by atoms with E-state index in [1.165, 1.54) is 24.8 Å². The maximum absolute atomic E-state index is 12.7. The molecule has 2 aliphatic rings. The molecule has 2 N–H and O–H groups in total. The van der Waals surface area contributed by atoms with Gasteiger partial charge in [-0.25, -0.2) is 9.97 Å². The number of fused-ring (bicyclic) bond motifs is 1. The topological polar surface area (TPSA) is 89.7 Å². The Labute approximate surface area is 185 Å². The van der Waals surface area contributed by atoms with Gasteiger partial charge in [0.2, 0.25) is 5.95 Å². The predicted molar refractivity (Wildman–Crippen MR) is 123 cm³/mol. The first-order chi connectivity index (χ1) is 15.7. The molecule has 4 heterocycles. The van der Waals surface area contributed by atoms with Crippen LogP contribution in [0.15, 0.2) is 59.8 Å². The minimum absolute atomic E-state index is 0.0953. The smallest absolute Gasteiger partial charge is 0.252 e. The van der Waals surface area contributed by atoms with E-state index in [-0.39, 0.29) is 5.56 Å². The molecule has 1 aliphatic carbocycles. The largest absolute Gasteiger partial charge is 0.330 e. The Kier molecular flexibility index (Phi) is 4.72. The van der Waals surface area contributed by atoms with Crippen LogP contribution < -0.4 is 16.2 Å². The van der Waals surface area contributed by atoms with Crippen LogP contribution in [0.3, 0.4) is 0 Å². The molecule has 1 saturated heterocycles. The molecule has 3 aromatic heterocycles. The zero-order chi connectivity index (χ0) is 21.5. The van der Waals surface area contributed by atoms with E-state index in [0.29, 0.717) is 30.1 Å². The van der Waals surface area contributed by atoms with Gasteiger partial charge in [0.05, 0.1) is 6.54 Å². The molecule has 1 aliphatic heterocycles. The average Bonchev–Trinajstić information content (AvgIpc) is 3.30. The van der Waals surface area contributed by atoms with Crippen molar-refractivity contribution in [1.29, 1.82) is 0 Å². The summed E-state index contributed by atoms with van der Waals surface area (Å²) in [4.78, 5) is 26.4. The molecule has 1 unspecified atom stereocenters. The van der Waals surface area contributed by atoms with Crippen LogP contribution in [0.25, 0.3) is 11.0 Å². The van der Waals surface area contributed by atoms with Crippen molar-refractivity contribution in [2.75, 3.05) is 18.4 Å². The van der Waals surface area contributed by atoms with Crippen molar-refractivity contribution in [3.63, 3.8) is 0 Å². The molecular weight excluding hydrogens is 402 g/mol. The van der Waals surface area contributed by atoms with Crippen molar-refractivity contribution in [3.05, 3.63) is 76.7 Å². The SMILES string of the molecule is O=c1ccc2cnc(Nc3ccc(C4CCNC4)cc3)nc2n1Cc1nccn1C1CC1. The highest BCUT2D eigenvalue weighted by molar-refractivity contribution is 5.75. The van der Waals surface area contributed by atoms with Crippen LogP contribution in [0.5, 0.6) is 0 Å². The standard InChI is InChI=1S/C24H25N7O/c32-22-8-3-18-14-27-24(28-19-4-1-16(2-5-19)17-9-10-25-13-17)29-23(18)31(22)15-21-26-11-12-30(21)20-6-7-20/h1-5,8,11-12,14,17,20,25H,6-7,9-10,13,15H2,(H,27,28,29). The Balaban J connectivity index is 1.30. The first-order valence-corrected chi connectivity index (χ1v) is 11.2. The number of aromatic nitrogens is 5. The van der Waals surface area contributed by atoms with E-state index in [4.69, 9.17) is 4.98 Å². The van der Waals surface area contributed by atoms with Gasteiger partial charge in [0.25, 0.3) is 5.56 Å². The lowest BCUT2D eigenvalue weighted by Crippen LogP contribution is -2.23. The molecule has 1 atom stereocenters. The van der Waals surface area contributed by atoms with Gasteiger partial charge < -0.3 is 15.2 Å². The van der Waals surface area contributed by atoms with Gasteiger partial charge >= 0.3 is 0 Å². The van der Waals surface area contributed by atoms with Gasteiger partial charge in [-0.2, -0.15) is 4.98 Å². The Morgan fingerprint density at radius 1 is 1.06 bits per heavy atom. The first kappa shape index (κ1) is 19.2. The molecule has 4 aromatic rings. The fourth-order valence-electron chi connectivity index (χ4n) is 4.48. The fourth-order valence-corrected chi connectivity index (χ4v) is 4.48. The zero-order valence-corrected chi connectivity index (χ0v) is 17.7. The molecule has 162 valence electrons. The molecule has 32 heavy (non-hydrogen) atoms. The van der Waals surface area contributed by atoms with Crippen LogP contribution in [-0.4, -0.2) is 37.2 Å². The number of anilines is 2. The van der Waals surface area contributed by atoms with Crippen molar-refractivity contribution < 1.29 is 0 Å². The number of benzene rings is 1. The number of nitrogens with one attached hydrogen (secondary N) is 2. The van der Waals surface area contributed by atoms with Crippen LogP contribution in [0, 0.1) is 0 Å². The fraction of sp³-hybridized carbons (Fsp3) is 0.333. The quantitative estimate of drug-likeness (QED) is 0.491. The van der Waals surface area contributed by atoms with Gasteiger partial charge in [0.1, 0.15) is 11.5 Å². The maximum atomic E-state index is 12.7. The summed E-state index contributed by atoms with van der Waals surface area (Å²) in [5.41, 5.74) is 2.78. The molecule has 1 aromatic carbocycles. The predicted octanol–water partition coefficient (Wildman–Crippen LogP) is 3.19. The number of pyridine rings is 1. The highest BCUT2D eigenvalue weighted by Gasteiger charge is 2.25. The number of hydrogen-bond donors (Lipinski definition) is 2. The Bertz CT molecular complexity index is 1310. The summed E-state index contributed by atoms with van der Waals surface area (Å²) >= 11 is 0. The van der Waals surface area contributed by atoms with Crippen LogP contribution in [-0.2, 0) is 6.54 Å². The number of imidazole rings is 1. The Morgan fingerprint density at radius 2 is 1.94 bits per heavy atom. The minimum atomic E-state index is -0.0953. The lowest BCUT2D eigenvalue weighted by Gasteiger charge is -2.13. The Morgan fingerprint density at radius 3 is 2.72 bits per heavy atom. The summed E-state index contributed by atoms with van der Waals surface area (Å²) in [6, 6.07) is 12.3. The summed E-state index contributed by atoms with van der Waals surface area (Å²) in [6.07, 6.45) is 9.07. The lowest BCUT2D eigenvalue weighted by atomic mass is 9.98. The summed E-state index contributed by atoms with van der Waals surface area (Å²) in [5, 5.41) is 7.52. The van der Waals surface area contributed by atoms with Gasteiger partial charge in [-0.3, -0.25) is 9.36 Å². The molecule has 0 amide bonds. The van der Waals surface area contributed by atoms with Gasteiger partial charge in [0.15, 0.2) is 0 Å². The summed E-state index contributed by atoms with van der Waals surface area (Å²) in [7, 11) is 0. The van der Waals surface area contributed by atoms with Crippen LogP contribution >= 0.6 is 0 Å². The molecule has 6 rings (SSSR count). The molecule has 0 bridgehead atoms. The molecule has 0 radical (unpaired) electrons. The van der Waals surface area contributed by atoms with Crippen LogP contribution in [0.4, 0.5) is 11.6 Å². The van der Waals surface area contributed by atoms with E-state index in [0.717, 1.165) is 30.0 Å². The second-order valence-corrected chi connectivity index (χ2v) is 8.65. The van der Waals surface area contributed by atoms with Gasteiger partial charge in [0, 0.05) is 48.3 Å². The van der Waals surface area contributed by atoms with Gasteiger partial charge in [-0.1, -0.05) is 12.1 Å². The third kappa shape index (κ3) is 3.67. The van der Waals surface area contributed by atoms with E-state index in [1.807, 2.05) is 6.20 Å². The molecule has 0 spiro atoms. The average molecular weight is 428 g/mol. The second-order valence-electron chi connectivity index (χ2n) is 8.65. The lowest BCUT2D eigenvalue weighted by molar-refractivity contribution is 0.637. The van der Waals surface area contributed by atoms with Crippen molar-refractivity contribution in [1.82, 2.24) is 29.4 Å². The van der Waals surface area contributed by atoms with Crippen molar-refractivity contribution in [2.24, 2.45) is 0 Å². The minimum Gasteiger partial charge on any atom is -0.330 e. The van der Waals surface area contributed by atoms with E-state index in [9.17, 15) is 4.79 Å². The number of hydrogen-bond acceptors (Lipinski definition) is 6. The second kappa shape index (κ2) is 7.87. The monoisotopic (exact) mass is 427 g/mol. The molecule has 1 saturated carbocycles. The van der Waals surface area contributed by atoms with Gasteiger partial charge in [-0.05, 0) is 55.5 Å². The summed E-state index contributed by atoms with van der Waals surface area (Å²) in [6.45, 7) is 2.51. The van der Waals surface area contributed by atoms with Crippen molar-refractivity contribution in [3.8, 4) is 0 Å². The number of rotatable bonds is 6. The van der Waals surface area contributed by atoms with E-state index >= 15 is 0 Å². The third-order valence-corrected chi connectivity index (χ3v) is 6.41. The zero-order valence-electron chi connectivity index (χ0n) is 17.7. The van der Waals surface area contributed by atoms with Crippen LogP contribution in [0.1, 0.15) is 42.6 Å². The maximum Gasteiger partial charge on any atom is 0.252 e. The third-order valence-electron chi connectivity index (χ3n) is 6.41. The molecule has 8 heteroatoms. The van der Waals surface area contributed by atoms with Gasteiger partial charge in [-0.15, -0.1) is 0 Å². The van der Waals surface area contributed by atoms with Crippen LogP contribution in [0.2, 0.25) is 0 Å². The highest BCUT2D eigenvalue weighted by Crippen LogP contribution is 2.35. The molecule has 2 fully saturated rings. The molecule has 8 nitrogen and oxygen atoms in total. The first-order valence-electron chi connectivity index (χ1n) is 11.2. The van der Waals surface area contributed by atoms with E-state index in [2.05, 4.69) is 49.4 Å². The summed E-state index contributed by atoms with van der Waals surface area (Å²) in [5.74, 6) is 1.93. The highest BCUT2D eigenvalue weighted by atomic mass is 16.1. The van der Waals surface area contributed by atoms with Crippen molar-refractivity contribution >= 4 is 22.7 Å². The van der Waals surface area contributed by atoms with E-state index in [1.54, 1.807) is 29.1 Å².